The molecule has 2 aliphatic rings. The summed E-state index contributed by atoms with van der Waals surface area (Å²) in [5.74, 6) is 1.87. The number of ether oxygens (including phenoxy) is 2. The SMILES string of the molecule is Fc1cc(Cl)cnc1COc1cccc(N2CCN(Cc3nc4ccccc4n3C[C@@H]3CCO3)CC2)n1. The number of aromatic nitrogens is 4. The van der Waals surface area contributed by atoms with Gasteiger partial charge in [-0.2, -0.15) is 4.98 Å². The van der Waals surface area contributed by atoms with Crippen LogP contribution >= 0.6 is 11.6 Å². The highest BCUT2D eigenvalue weighted by atomic mass is 35.5. The van der Waals surface area contributed by atoms with Crippen molar-refractivity contribution in [3.8, 4) is 5.88 Å². The lowest BCUT2D eigenvalue weighted by Gasteiger charge is -2.35. The summed E-state index contributed by atoms with van der Waals surface area (Å²) >= 11 is 5.78. The third-order valence-corrected chi connectivity index (χ3v) is 7.13. The molecule has 8 nitrogen and oxygen atoms in total. The molecule has 0 unspecified atom stereocenters. The number of imidazole rings is 1. The first-order valence-corrected chi connectivity index (χ1v) is 12.9. The zero-order chi connectivity index (χ0) is 25.2. The summed E-state index contributed by atoms with van der Waals surface area (Å²) in [4.78, 5) is 18.3. The van der Waals surface area contributed by atoms with Gasteiger partial charge in [0.05, 0.1) is 35.2 Å². The Morgan fingerprint density at radius 3 is 2.68 bits per heavy atom. The van der Waals surface area contributed by atoms with E-state index in [4.69, 9.17) is 26.1 Å². The number of hydrogen-bond acceptors (Lipinski definition) is 7. The van der Waals surface area contributed by atoms with Crippen LogP contribution < -0.4 is 9.64 Å². The van der Waals surface area contributed by atoms with Crippen LogP contribution in [-0.4, -0.2) is 63.3 Å². The zero-order valence-corrected chi connectivity index (χ0v) is 21.1. The maximum absolute atomic E-state index is 14.0. The van der Waals surface area contributed by atoms with Crippen molar-refractivity contribution in [1.82, 2.24) is 24.4 Å². The topological polar surface area (TPSA) is 68.5 Å². The maximum atomic E-state index is 14.0. The highest BCUT2D eigenvalue weighted by molar-refractivity contribution is 6.30. The number of piperazine rings is 1. The number of nitrogens with zero attached hydrogens (tertiary/aromatic N) is 6. The van der Waals surface area contributed by atoms with E-state index in [0.717, 1.165) is 69.5 Å². The molecule has 0 radical (unpaired) electrons. The standard InChI is InChI=1S/C27H28ClFN6O2/c28-19-14-21(29)23(30-15-19)18-37-27-7-3-6-25(32-27)34-11-9-33(10-12-34)17-26-31-22-4-1-2-5-24(22)35(26)16-20-8-13-36-20/h1-7,14-15,20H,8-13,16-18H2/t20-/m0/s1. The van der Waals surface area contributed by atoms with Crippen LogP contribution in [-0.2, 0) is 24.4 Å². The summed E-state index contributed by atoms with van der Waals surface area (Å²) in [6.07, 6.45) is 2.79. The molecule has 2 fully saturated rings. The molecule has 0 spiro atoms. The van der Waals surface area contributed by atoms with Gasteiger partial charge in [0.1, 0.15) is 29.8 Å². The largest absolute Gasteiger partial charge is 0.471 e. The molecule has 2 saturated heterocycles. The molecule has 5 heterocycles. The van der Waals surface area contributed by atoms with Crippen LogP contribution in [0.5, 0.6) is 5.88 Å². The molecule has 6 rings (SSSR count). The summed E-state index contributed by atoms with van der Waals surface area (Å²) in [5.41, 5.74) is 2.39. The molecule has 1 aromatic carbocycles. The van der Waals surface area contributed by atoms with Crippen LogP contribution in [0.1, 0.15) is 17.9 Å². The van der Waals surface area contributed by atoms with Gasteiger partial charge in [-0.25, -0.2) is 9.37 Å². The molecule has 1 atom stereocenters. The molecule has 192 valence electrons. The molecule has 3 aromatic heterocycles. The molecule has 0 amide bonds. The lowest BCUT2D eigenvalue weighted by Crippen LogP contribution is -2.46. The van der Waals surface area contributed by atoms with Crippen LogP contribution in [0.3, 0.4) is 0 Å². The number of para-hydroxylation sites is 2. The van der Waals surface area contributed by atoms with Gasteiger partial charge in [-0.15, -0.1) is 0 Å². The minimum absolute atomic E-state index is 0.0138. The van der Waals surface area contributed by atoms with Gasteiger partial charge in [0.25, 0.3) is 0 Å². The van der Waals surface area contributed by atoms with Crippen molar-refractivity contribution in [1.29, 1.82) is 0 Å². The first-order chi connectivity index (χ1) is 18.1. The number of halogens is 2. The van der Waals surface area contributed by atoms with Crippen molar-refractivity contribution in [3.63, 3.8) is 0 Å². The summed E-state index contributed by atoms with van der Waals surface area (Å²) < 4.78 is 27.8. The predicted molar refractivity (Wildman–Crippen MR) is 139 cm³/mol. The molecule has 0 bridgehead atoms. The van der Waals surface area contributed by atoms with Crippen LogP contribution in [0.25, 0.3) is 11.0 Å². The van der Waals surface area contributed by atoms with Crippen LogP contribution in [0, 0.1) is 5.82 Å². The van der Waals surface area contributed by atoms with E-state index >= 15 is 0 Å². The second-order valence-corrected chi connectivity index (χ2v) is 9.81. The summed E-state index contributed by atoms with van der Waals surface area (Å²) in [6.45, 7) is 5.97. The van der Waals surface area contributed by atoms with Crippen LogP contribution in [0.4, 0.5) is 10.2 Å². The number of hydrogen-bond donors (Lipinski definition) is 0. The molecule has 2 aliphatic heterocycles. The van der Waals surface area contributed by atoms with E-state index in [2.05, 4.69) is 42.5 Å². The molecule has 0 saturated carbocycles. The summed E-state index contributed by atoms with van der Waals surface area (Å²) in [7, 11) is 0. The van der Waals surface area contributed by atoms with E-state index in [0.29, 0.717) is 5.88 Å². The van der Waals surface area contributed by atoms with Crippen molar-refractivity contribution in [2.45, 2.75) is 32.2 Å². The molecular formula is C27H28ClFN6O2. The Kier molecular flexibility index (Phi) is 6.91. The Morgan fingerprint density at radius 1 is 1.05 bits per heavy atom. The Labute approximate surface area is 219 Å². The summed E-state index contributed by atoms with van der Waals surface area (Å²) in [6, 6.07) is 15.2. The third kappa shape index (κ3) is 5.39. The maximum Gasteiger partial charge on any atom is 0.215 e. The lowest BCUT2D eigenvalue weighted by atomic mass is 10.2. The number of rotatable bonds is 8. The first-order valence-electron chi connectivity index (χ1n) is 12.6. The quantitative estimate of drug-likeness (QED) is 0.341. The van der Waals surface area contributed by atoms with Gasteiger partial charge < -0.3 is 18.9 Å². The fourth-order valence-corrected chi connectivity index (χ4v) is 4.91. The second kappa shape index (κ2) is 10.6. The van der Waals surface area contributed by atoms with Crippen molar-refractivity contribution in [3.05, 3.63) is 77.1 Å². The van der Waals surface area contributed by atoms with Gasteiger partial charge in [-0.05, 0) is 30.7 Å². The van der Waals surface area contributed by atoms with E-state index in [-0.39, 0.29) is 23.4 Å². The van der Waals surface area contributed by atoms with Crippen molar-refractivity contribution < 1.29 is 13.9 Å². The molecule has 37 heavy (non-hydrogen) atoms. The molecule has 0 aliphatic carbocycles. The van der Waals surface area contributed by atoms with E-state index in [1.165, 1.54) is 17.8 Å². The molecular weight excluding hydrogens is 495 g/mol. The predicted octanol–water partition coefficient (Wildman–Crippen LogP) is 4.31. The van der Waals surface area contributed by atoms with Gasteiger partial charge in [0, 0.05) is 45.0 Å². The first kappa shape index (κ1) is 24.1. The van der Waals surface area contributed by atoms with Gasteiger partial charge in [-0.3, -0.25) is 9.88 Å². The van der Waals surface area contributed by atoms with Crippen LogP contribution in [0.15, 0.2) is 54.7 Å². The fourth-order valence-electron chi connectivity index (χ4n) is 4.77. The number of pyridine rings is 2. The van der Waals surface area contributed by atoms with Gasteiger partial charge in [-0.1, -0.05) is 29.8 Å². The van der Waals surface area contributed by atoms with Gasteiger partial charge in [0.2, 0.25) is 5.88 Å². The van der Waals surface area contributed by atoms with Crippen LogP contribution in [0.2, 0.25) is 5.02 Å². The Morgan fingerprint density at radius 2 is 1.89 bits per heavy atom. The number of benzene rings is 1. The molecule has 10 heteroatoms. The molecule has 4 aromatic rings. The average molecular weight is 523 g/mol. The average Bonchev–Trinajstić information content (AvgIpc) is 3.23. The smallest absolute Gasteiger partial charge is 0.215 e. The van der Waals surface area contributed by atoms with Crippen molar-refractivity contribution >= 4 is 28.5 Å². The Hall–Kier alpha value is -3.27. The Bertz CT molecular complexity index is 1390. The minimum Gasteiger partial charge on any atom is -0.471 e. The fraction of sp³-hybridized carbons (Fsp3) is 0.370. The monoisotopic (exact) mass is 522 g/mol. The van der Waals surface area contributed by atoms with Crippen molar-refractivity contribution in [2.75, 3.05) is 37.7 Å². The minimum atomic E-state index is -0.492. The Balaban J connectivity index is 1.08. The highest BCUT2D eigenvalue weighted by Crippen LogP contribution is 2.23. The second-order valence-electron chi connectivity index (χ2n) is 9.38. The summed E-state index contributed by atoms with van der Waals surface area (Å²) in [5, 5.41) is 0.255. The van der Waals surface area contributed by atoms with Crippen molar-refractivity contribution in [2.24, 2.45) is 0 Å². The molecule has 0 N–H and O–H groups in total. The van der Waals surface area contributed by atoms with E-state index < -0.39 is 5.82 Å². The zero-order valence-electron chi connectivity index (χ0n) is 20.4. The van der Waals surface area contributed by atoms with E-state index in [1.54, 1.807) is 6.07 Å². The lowest BCUT2D eigenvalue weighted by molar-refractivity contribution is -0.0592. The van der Waals surface area contributed by atoms with Gasteiger partial charge in [0.15, 0.2) is 0 Å². The number of anilines is 1. The van der Waals surface area contributed by atoms with Gasteiger partial charge >= 0.3 is 0 Å². The normalized spacial score (nSPS) is 18.2. The highest BCUT2D eigenvalue weighted by Gasteiger charge is 2.24. The van der Waals surface area contributed by atoms with E-state index in [1.807, 2.05) is 18.2 Å². The van der Waals surface area contributed by atoms with E-state index in [9.17, 15) is 4.39 Å². The third-order valence-electron chi connectivity index (χ3n) is 6.92. The number of fused-ring (bicyclic) bond motifs is 1.